The Kier molecular flexibility index (Phi) is 5.53. The summed E-state index contributed by atoms with van der Waals surface area (Å²) in [6, 6.07) is 0. The molecule has 37 heavy (non-hydrogen) atoms. The van der Waals surface area contributed by atoms with Crippen molar-refractivity contribution in [1.82, 2.24) is 9.97 Å². The average molecular weight is 509 g/mol. The highest BCUT2D eigenvalue weighted by Crippen LogP contribution is 2.75. The molecule has 6 rings (SSSR count). The van der Waals surface area contributed by atoms with Crippen LogP contribution in [0.4, 0.5) is 0 Å². The van der Waals surface area contributed by atoms with E-state index in [1.807, 2.05) is 6.92 Å². The van der Waals surface area contributed by atoms with Gasteiger partial charge in [-0.2, -0.15) is 0 Å². The van der Waals surface area contributed by atoms with Gasteiger partial charge >= 0.3 is 0 Å². The van der Waals surface area contributed by atoms with E-state index in [9.17, 15) is 5.11 Å². The molecule has 0 aromatic carbocycles. The second-order valence-electron chi connectivity index (χ2n) is 16.2. The number of fused-ring (bicyclic) bond motifs is 6. The molecule has 2 heterocycles. The van der Waals surface area contributed by atoms with Gasteiger partial charge in [-0.3, -0.25) is 0 Å². The number of aryl methyl sites for hydroxylation is 1. The van der Waals surface area contributed by atoms with E-state index in [1.165, 1.54) is 43.4 Å². The predicted molar refractivity (Wildman–Crippen MR) is 148 cm³/mol. The van der Waals surface area contributed by atoms with E-state index in [2.05, 4.69) is 66.6 Å². The van der Waals surface area contributed by atoms with Gasteiger partial charge in [0, 0.05) is 11.6 Å². The Morgan fingerprint density at radius 3 is 2.30 bits per heavy atom. The lowest BCUT2D eigenvalue weighted by Gasteiger charge is -2.70. The first-order valence-corrected chi connectivity index (χ1v) is 15.3. The third-order valence-electron chi connectivity index (χ3n) is 13.4. The van der Waals surface area contributed by atoms with Crippen LogP contribution in [0.3, 0.4) is 0 Å². The Balaban J connectivity index is 1.40. The van der Waals surface area contributed by atoms with Gasteiger partial charge in [-0.15, -0.1) is 0 Å². The van der Waals surface area contributed by atoms with Gasteiger partial charge in [0.2, 0.25) is 0 Å². The van der Waals surface area contributed by atoms with Gasteiger partial charge in [-0.1, -0.05) is 34.6 Å². The molecule has 0 bridgehead atoms. The number of ether oxygens (including phenoxy) is 1. The fraction of sp³-hybridized carbons (Fsp3) is 0.879. The van der Waals surface area contributed by atoms with Crippen LogP contribution >= 0.6 is 0 Å². The van der Waals surface area contributed by atoms with E-state index in [0.29, 0.717) is 23.7 Å². The molecule has 0 unspecified atom stereocenters. The molecule has 206 valence electrons. The third kappa shape index (κ3) is 3.39. The second-order valence-corrected chi connectivity index (χ2v) is 16.2. The van der Waals surface area contributed by atoms with Crippen LogP contribution in [0.25, 0.3) is 0 Å². The van der Waals surface area contributed by atoms with Gasteiger partial charge in [-0.25, -0.2) is 9.97 Å². The summed E-state index contributed by atoms with van der Waals surface area (Å²) in [6.45, 7) is 21.6. The number of aliphatic hydroxyl groups is 1. The largest absolute Gasteiger partial charge is 0.393 e. The number of aromatic nitrogens is 2. The van der Waals surface area contributed by atoms with Crippen molar-refractivity contribution in [1.29, 1.82) is 0 Å². The molecule has 1 N–H and O–H groups in total. The molecule has 3 saturated carbocycles. The Labute approximate surface area is 225 Å². The number of rotatable bonds is 1. The monoisotopic (exact) mass is 508 g/mol. The number of hydrogen-bond acceptors (Lipinski definition) is 4. The van der Waals surface area contributed by atoms with Crippen LogP contribution in [0.1, 0.15) is 124 Å². The van der Waals surface area contributed by atoms with Crippen molar-refractivity contribution in [2.75, 3.05) is 0 Å². The van der Waals surface area contributed by atoms with Crippen molar-refractivity contribution in [2.45, 2.75) is 143 Å². The van der Waals surface area contributed by atoms with E-state index < -0.39 is 0 Å². The summed E-state index contributed by atoms with van der Waals surface area (Å²) < 4.78 is 6.91. The van der Waals surface area contributed by atoms with Crippen LogP contribution in [0, 0.1) is 46.8 Å². The van der Waals surface area contributed by atoms with Crippen molar-refractivity contribution in [3.63, 3.8) is 0 Å². The summed E-state index contributed by atoms with van der Waals surface area (Å²) in [5.74, 6) is 2.72. The maximum Gasteiger partial charge on any atom is 0.125 e. The summed E-state index contributed by atoms with van der Waals surface area (Å²) >= 11 is 0. The first-order chi connectivity index (χ1) is 17.1. The summed E-state index contributed by atoms with van der Waals surface area (Å²) in [7, 11) is 0. The third-order valence-corrected chi connectivity index (χ3v) is 13.4. The van der Waals surface area contributed by atoms with E-state index >= 15 is 0 Å². The lowest BCUT2D eigenvalue weighted by atomic mass is 9.35. The Morgan fingerprint density at radius 2 is 1.59 bits per heavy atom. The first kappa shape index (κ1) is 26.2. The second kappa shape index (κ2) is 7.80. The molecule has 1 aromatic heterocycles. The molecule has 4 nitrogen and oxygen atoms in total. The van der Waals surface area contributed by atoms with Gasteiger partial charge in [0.1, 0.15) is 5.82 Å². The van der Waals surface area contributed by atoms with Gasteiger partial charge in [0.25, 0.3) is 0 Å². The quantitative estimate of drug-likeness (QED) is 0.436. The smallest absolute Gasteiger partial charge is 0.125 e. The van der Waals surface area contributed by atoms with Crippen LogP contribution < -0.4 is 0 Å². The van der Waals surface area contributed by atoms with Gasteiger partial charge < -0.3 is 9.84 Å². The standard InChI is InChI=1S/C33H52N2O2/c1-20-34-19-21-18-30(6)24(29(4,5)27(21)35-20)12-16-31(7)25(30)17-23(36)26-22(11-15-32(26,31)8)33(9)14-10-13-28(2,3)37-33/h19,22-26,36H,10-18H2,1-9H3/t22-,23+,24-,25+,26-,30-,31+,32+,33+/m0/s1. The van der Waals surface area contributed by atoms with Crippen LogP contribution in [0.15, 0.2) is 6.20 Å². The molecule has 0 spiro atoms. The minimum Gasteiger partial charge on any atom is -0.393 e. The van der Waals surface area contributed by atoms with E-state index in [4.69, 9.17) is 9.72 Å². The molecule has 5 aliphatic rings. The maximum atomic E-state index is 12.1. The summed E-state index contributed by atoms with van der Waals surface area (Å²) in [5.41, 5.74) is 2.94. The molecule has 4 fully saturated rings. The van der Waals surface area contributed by atoms with Gasteiger partial charge in [0.05, 0.1) is 23.0 Å². The Bertz CT molecular complexity index is 1100. The van der Waals surface area contributed by atoms with E-state index in [0.717, 1.165) is 31.5 Å². The lowest BCUT2D eigenvalue weighted by Crippen LogP contribution is -2.66. The molecule has 0 amide bonds. The van der Waals surface area contributed by atoms with Crippen LogP contribution in [-0.4, -0.2) is 32.4 Å². The summed E-state index contributed by atoms with van der Waals surface area (Å²) in [4.78, 5) is 9.63. The predicted octanol–water partition coefficient (Wildman–Crippen LogP) is 7.19. The van der Waals surface area contributed by atoms with Crippen molar-refractivity contribution in [3.05, 3.63) is 23.3 Å². The molecule has 4 heteroatoms. The van der Waals surface area contributed by atoms with Crippen LogP contribution in [-0.2, 0) is 16.6 Å². The highest BCUT2D eigenvalue weighted by atomic mass is 16.5. The minimum absolute atomic E-state index is 0.0211. The fourth-order valence-electron chi connectivity index (χ4n) is 11.9. The zero-order chi connectivity index (χ0) is 26.8. The zero-order valence-electron chi connectivity index (χ0n) is 25.1. The van der Waals surface area contributed by atoms with Gasteiger partial charge in [0.15, 0.2) is 0 Å². The summed E-state index contributed by atoms with van der Waals surface area (Å²) in [5, 5.41) is 12.1. The highest BCUT2D eigenvalue weighted by Gasteiger charge is 2.71. The molecule has 1 aliphatic heterocycles. The zero-order valence-corrected chi connectivity index (χ0v) is 25.1. The first-order valence-electron chi connectivity index (χ1n) is 15.3. The molecule has 9 atom stereocenters. The van der Waals surface area contributed by atoms with Crippen molar-refractivity contribution in [2.24, 2.45) is 39.9 Å². The van der Waals surface area contributed by atoms with Crippen molar-refractivity contribution >= 4 is 0 Å². The summed E-state index contributed by atoms with van der Waals surface area (Å²) in [6.07, 6.45) is 12.3. The molecular weight excluding hydrogens is 456 g/mol. The normalized spacial score (nSPS) is 49.9. The molecule has 4 aliphatic carbocycles. The van der Waals surface area contributed by atoms with Crippen molar-refractivity contribution < 1.29 is 9.84 Å². The number of nitrogens with zero attached hydrogens (tertiary/aromatic N) is 2. The molecule has 1 aromatic rings. The minimum atomic E-state index is -0.254. The topological polar surface area (TPSA) is 55.2 Å². The van der Waals surface area contributed by atoms with Crippen LogP contribution in [0.2, 0.25) is 0 Å². The average Bonchev–Trinajstić information content (AvgIpc) is 3.16. The Morgan fingerprint density at radius 1 is 0.892 bits per heavy atom. The van der Waals surface area contributed by atoms with E-state index in [1.54, 1.807) is 0 Å². The molecule has 0 radical (unpaired) electrons. The molecular formula is C33H52N2O2. The SMILES string of the molecule is Cc1ncc2c(n1)C(C)(C)[C@@H]1CC[C@]3(C)[C@H](C[C@@H](O)[C@@H]4[C@@H]([C@@]5(C)CCCC(C)(C)O5)CC[C@]43C)[C@@]1(C)C2. The van der Waals surface area contributed by atoms with Gasteiger partial charge in [-0.05, 0) is 131 Å². The number of aliphatic hydroxyl groups excluding tert-OH is 1. The van der Waals surface area contributed by atoms with Crippen molar-refractivity contribution in [3.8, 4) is 0 Å². The van der Waals surface area contributed by atoms with Crippen LogP contribution in [0.5, 0.6) is 0 Å². The molecule has 1 saturated heterocycles. The highest BCUT2D eigenvalue weighted by molar-refractivity contribution is 5.35. The fourth-order valence-corrected chi connectivity index (χ4v) is 11.9. The Hall–Kier alpha value is -1.00. The number of hydrogen-bond donors (Lipinski definition) is 1. The van der Waals surface area contributed by atoms with E-state index in [-0.39, 0.29) is 39.0 Å². The lowest BCUT2D eigenvalue weighted by molar-refractivity contribution is -0.243. The maximum absolute atomic E-state index is 12.1.